The van der Waals surface area contributed by atoms with Crippen LogP contribution in [0.2, 0.25) is 0 Å². The molecule has 0 bridgehead atoms. The monoisotopic (exact) mass is 247 g/mol. The van der Waals surface area contributed by atoms with Gasteiger partial charge >= 0.3 is 0 Å². The summed E-state index contributed by atoms with van der Waals surface area (Å²) in [5.74, 6) is 0.594. The number of carbonyl (C=O) groups is 1. The maximum atomic E-state index is 12.3. The number of likely N-dealkylation sites (tertiary alicyclic amines) is 1. The first-order chi connectivity index (χ1) is 8.63. The minimum Gasteiger partial charge on any atom is -0.338 e. The van der Waals surface area contributed by atoms with E-state index in [1.165, 1.54) is 17.0 Å². The van der Waals surface area contributed by atoms with Crippen molar-refractivity contribution in [2.75, 3.05) is 33.2 Å². The second-order valence-corrected chi connectivity index (χ2v) is 5.83. The fourth-order valence-electron chi connectivity index (χ4n) is 3.10. The van der Waals surface area contributed by atoms with Gasteiger partial charge in [0.1, 0.15) is 0 Å². The Kier molecular flexibility index (Phi) is 2.98. The summed E-state index contributed by atoms with van der Waals surface area (Å²) in [5, 5.41) is 0. The lowest BCUT2D eigenvalue weighted by Gasteiger charge is -2.40. The number of rotatable bonds is 1. The van der Waals surface area contributed by atoms with Crippen LogP contribution in [0.1, 0.15) is 26.2 Å². The molecule has 0 radical (unpaired) electrons. The maximum Gasteiger partial charge on any atom is 0.228 e. The first-order valence-electron chi connectivity index (χ1n) is 6.86. The summed E-state index contributed by atoms with van der Waals surface area (Å²) >= 11 is 0. The van der Waals surface area contributed by atoms with Gasteiger partial charge in [-0.05, 0) is 32.4 Å². The predicted octanol–water partition coefficient (Wildman–Crippen LogP) is 1.29. The van der Waals surface area contributed by atoms with Gasteiger partial charge in [-0.1, -0.05) is 0 Å². The molecule has 0 unspecified atom stereocenters. The quantitative estimate of drug-likeness (QED) is 0.700. The van der Waals surface area contributed by atoms with E-state index in [9.17, 15) is 4.79 Å². The lowest BCUT2D eigenvalue weighted by atomic mass is 9.94. The molecule has 0 aromatic heterocycles. The molecule has 4 nitrogen and oxygen atoms in total. The van der Waals surface area contributed by atoms with Crippen LogP contribution in [0.15, 0.2) is 16.3 Å². The Morgan fingerprint density at radius 2 is 2.06 bits per heavy atom. The third-order valence-electron chi connectivity index (χ3n) is 4.25. The molecule has 1 amide bonds. The normalized spacial score (nSPS) is 25.7. The highest BCUT2D eigenvalue weighted by Crippen LogP contribution is 2.28. The molecular weight excluding hydrogens is 226 g/mol. The number of hydrogen-bond donors (Lipinski definition) is 0. The maximum absolute atomic E-state index is 12.3. The summed E-state index contributed by atoms with van der Waals surface area (Å²) in [6.45, 7) is 5.64. The Hall–Kier alpha value is -1.16. The third kappa shape index (κ3) is 2.09. The summed E-state index contributed by atoms with van der Waals surface area (Å²) in [6.07, 6.45) is 3.10. The Labute approximate surface area is 108 Å². The van der Waals surface area contributed by atoms with Crippen LogP contribution in [0.4, 0.5) is 0 Å². The zero-order chi connectivity index (χ0) is 12.7. The topological polar surface area (TPSA) is 35.9 Å². The molecule has 3 aliphatic heterocycles. The summed E-state index contributed by atoms with van der Waals surface area (Å²) in [6, 6.07) is 0. The summed E-state index contributed by atoms with van der Waals surface area (Å²) in [5.41, 5.74) is 3.90. The molecule has 1 fully saturated rings. The molecule has 18 heavy (non-hydrogen) atoms. The van der Waals surface area contributed by atoms with E-state index in [1.807, 2.05) is 4.90 Å². The molecule has 0 aromatic carbocycles. The molecule has 0 aliphatic carbocycles. The Balaban J connectivity index is 1.66. The van der Waals surface area contributed by atoms with Crippen molar-refractivity contribution in [1.82, 2.24) is 9.80 Å². The molecule has 1 saturated heterocycles. The average Bonchev–Trinajstić information content (AvgIpc) is 2.33. The van der Waals surface area contributed by atoms with E-state index in [1.54, 1.807) is 0 Å². The summed E-state index contributed by atoms with van der Waals surface area (Å²) in [4.78, 5) is 21.2. The minimum atomic E-state index is 0.242. The van der Waals surface area contributed by atoms with Crippen molar-refractivity contribution in [2.45, 2.75) is 26.2 Å². The van der Waals surface area contributed by atoms with E-state index in [-0.39, 0.29) is 5.92 Å². The molecule has 3 rings (SSSR count). The van der Waals surface area contributed by atoms with Gasteiger partial charge in [-0.15, -0.1) is 0 Å². The molecule has 3 heterocycles. The number of nitrogens with zero attached hydrogens (tertiary/aromatic N) is 3. The number of hydrogen-bond acceptors (Lipinski definition) is 3. The molecule has 4 heteroatoms. The smallest absolute Gasteiger partial charge is 0.228 e. The highest BCUT2D eigenvalue weighted by atomic mass is 16.2. The van der Waals surface area contributed by atoms with Crippen molar-refractivity contribution in [3.8, 4) is 0 Å². The molecular formula is C14H21N3O. The molecule has 0 spiro atoms. The van der Waals surface area contributed by atoms with Gasteiger partial charge in [0.15, 0.2) is 0 Å². The average molecular weight is 247 g/mol. The Bertz CT molecular complexity index is 432. The van der Waals surface area contributed by atoms with Crippen LogP contribution in [0.5, 0.6) is 0 Å². The van der Waals surface area contributed by atoms with Crippen LogP contribution < -0.4 is 0 Å². The lowest BCUT2D eigenvalue weighted by Crippen LogP contribution is -2.53. The van der Waals surface area contributed by atoms with Crippen LogP contribution in [-0.4, -0.2) is 54.6 Å². The number of amides is 1. The van der Waals surface area contributed by atoms with Crippen molar-refractivity contribution in [3.63, 3.8) is 0 Å². The van der Waals surface area contributed by atoms with E-state index in [2.05, 4.69) is 23.9 Å². The van der Waals surface area contributed by atoms with E-state index in [0.29, 0.717) is 5.91 Å². The fourth-order valence-corrected chi connectivity index (χ4v) is 3.10. The van der Waals surface area contributed by atoms with Gasteiger partial charge in [0.05, 0.1) is 5.92 Å². The van der Waals surface area contributed by atoms with Crippen molar-refractivity contribution in [2.24, 2.45) is 10.9 Å². The highest BCUT2D eigenvalue weighted by molar-refractivity contribution is 5.85. The van der Waals surface area contributed by atoms with Crippen molar-refractivity contribution < 1.29 is 4.79 Å². The van der Waals surface area contributed by atoms with Gasteiger partial charge in [0.2, 0.25) is 5.91 Å². The first-order valence-corrected chi connectivity index (χ1v) is 6.86. The molecule has 0 N–H and O–H groups in total. The summed E-state index contributed by atoms with van der Waals surface area (Å²) < 4.78 is 0. The minimum absolute atomic E-state index is 0.242. The van der Waals surface area contributed by atoms with E-state index in [4.69, 9.17) is 0 Å². The van der Waals surface area contributed by atoms with Crippen LogP contribution >= 0.6 is 0 Å². The molecule has 0 aromatic rings. The van der Waals surface area contributed by atoms with Crippen molar-refractivity contribution in [3.05, 3.63) is 11.3 Å². The van der Waals surface area contributed by atoms with Gasteiger partial charge in [-0.25, -0.2) is 0 Å². The summed E-state index contributed by atoms with van der Waals surface area (Å²) in [7, 11) is 2.07. The third-order valence-corrected chi connectivity index (χ3v) is 4.25. The van der Waals surface area contributed by atoms with Crippen molar-refractivity contribution in [1.29, 1.82) is 0 Å². The number of carbonyl (C=O) groups excluding carboxylic acids is 1. The zero-order valence-corrected chi connectivity index (χ0v) is 11.3. The second kappa shape index (κ2) is 4.50. The van der Waals surface area contributed by atoms with Crippen LogP contribution in [0, 0.1) is 5.92 Å². The number of aliphatic imine (C=N–C) groups is 1. The van der Waals surface area contributed by atoms with Crippen LogP contribution in [0.3, 0.4) is 0 Å². The van der Waals surface area contributed by atoms with E-state index >= 15 is 0 Å². The van der Waals surface area contributed by atoms with E-state index in [0.717, 1.165) is 45.4 Å². The highest BCUT2D eigenvalue weighted by Gasteiger charge is 2.35. The van der Waals surface area contributed by atoms with Gasteiger partial charge in [-0.3, -0.25) is 9.79 Å². The molecule has 3 aliphatic rings. The van der Waals surface area contributed by atoms with Crippen molar-refractivity contribution >= 4 is 11.6 Å². The Morgan fingerprint density at radius 3 is 2.78 bits per heavy atom. The second-order valence-electron chi connectivity index (χ2n) is 5.83. The Morgan fingerprint density at radius 1 is 1.28 bits per heavy atom. The fraction of sp³-hybridized carbons (Fsp3) is 0.714. The standard InChI is InChI=1S/C14H21N3O/c1-10-3-4-11-9-17(6-5-13(11)15-10)14(18)12-7-16(2)8-12/h12H,3-9H2,1-2H3. The molecule has 98 valence electrons. The largest absolute Gasteiger partial charge is 0.338 e. The van der Waals surface area contributed by atoms with E-state index < -0.39 is 0 Å². The van der Waals surface area contributed by atoms with Gasteiger partial charge in [0.25, 0.3) is 0 Å². The molecule has 0 saturated carbocycles. The van der Waals surface area contributed by atoms with Gasteiger partial charge < -0.3 is 9.80 Å². The van der Waals surface area contributed by atoms with Crippen LogP contribution in [0.25, 0.3) is 0 Å². The van der Waals surface area contributed by atoms with Crippen LogP contribution in [-0.2, 0) is 4.79 Å². The zero-order valence-electron chi connectivity index (χ0n) is 11.3. The predicted molar refractivity (Wildman–Crippen MR) is 71.6 cm³/mol. The van der Waals surface area contributed by atoms with Gasteiger partial charge in [0, 0.05) is 44.0 Å². The lowest BCUT2D eigenvalue weighted by molar-refractivity contribution is -0.140. The SMILES string of the molecule is CC1=NC2=C(CC1)CN(C(=O)C1CN(C)C1)CC2. The molecule has 0 atom stereocenters. The van der Waals surface area contributed by atoms with Gasteiger partial charge in [-0.2, -0.15) is 0 Å². The first kappa shape index (κ1) is 11.9.